The van der Waals surface area contributed by atoms with Crippen molar-refractivity contribution in [2.45, 2.75) is 45.6 Å². The number of nitrogens with zero attached hydrogens (tertiary/aromatic N) is 2. The van der Waals surface area contributed by atoms with Crippen molar-refractivity contribution in [3.05, 3.63) is 28.5 Å². The third kappa shape index (κ3) is 6.02. The number of amides is 1. The van der Waals surface area contributed by atoms with Gasteiger partial charge in [-0.15, -0.1) is 0 Å². The zero-order chi connectivity index (χ0) is 16.2. The Labute approximate surface area is 132 Å². The van der Waals surface area contributed by atoms with E-state index in [1.165, 1.54) is 0 Å². The SMILES string of the molecule is CC(CCN(C)C)NC(=O)c1cc(Cl)nc(C(C)(C)C)c1. The Morgan fingerprint density at radius 2 is 2.00 bits per heavy atom. The standard InChI is InChI=1S/C16H26ClN3O/c1-11(7-8-20(5)6)18-15(21)12-9-13(16(2,3)4)19-14(17)10-12/h9-11H,7-8H2,1-6H3,(H,18,21). The van der Waals surface area contributed by atoms with Gasteiger partial charge in [0.25, 0.3) is 5.91 Å². The number of carbonyl (C=O) groups is 1. The van der Waals surface area contributed by atoms with E-state index in [-0.39, 0.29) is 17.4 Å². The molecule has 1 aromatic heterocycles. The lowest BCUT2D eigenvalue weighted by Gasteiger charge is -2.20. The average Bonchev–Trinajstić information content (AvgIpc) is 2.34. The second-order valence-corrected chi connectivity index (χ2v) is 7.17. The van der Waals surface area contributed by atoms with Crippen LogP contribution in [-0.4, -0.2) is 42.5 Å². The molecule has 0 aliphatic rings. The number of pyridine rings is 1. The van der Waals surface area contributed by atoms with Gasteiger partial charge in [0.15, 0.2) is 0 Å². The minimum atomic E-state index is -0.142. The van der Waals surface area contributed by atoms with Crippen molar-refractivity contribution in [2.24, 2.45) is 0 Å². The minimum Gasteiger partial charge on any atom is -0.350 e. The molecule has 1 rings (SSSR count). The lowest BCUT2D eigenvalue weighted by atomic mass is 9.91. The molecule has 0 saturated carbocycles. The second-order valence-electron chi connectivity index (χ2n) is 6.78. The molecule has 1 unspecified atom stereocenters. The number of aromatic nitrogens is 1. The summed E-state index contributed by atoms with van der Waals surface area (Å²) >= 11 is 6.04. The molecule has 1 N–H and O–H groups in total. The zero-order valence-corrected chi connectivity index (χ0v) is 14.6. The summed E-state index contributed by atoms with van der Waals surface area (Å²) in [7, 11) is 4.04. The van der Waals surface area contributed by atoms with Crippen molar-refractivity contribution >= 4 is 17.5 Å². The molecule has 118 valence electrons. The molecule has 0 aliphatic heterocycles. The molecule has 1 atom stereocenters. The number of nitrogens with one attached hydrogen (secondary N) is 1. The lowest BCUT2D eigenvalue weighted by molar-refractivity contribution is 0.0936. The van der Waals surface area contributed by atoms with Gasteiger partial charge in [0, 0.05) is 22.7 Å². The molecule has 4 nitrogen and oxygen atoms in total. The fraction of sp³-hybridized carbons (Fsp3) is 0.625. The van der Waals surface area contributed by atoms with Crippen LogP contribution in [0, 0.1) is 0 Å². The van der Waals surface area contributed by atoms with E-state index in [0.29, 0.717) is 10.7 Å². The molecule has 0 aliphatic carbocycles. The Morgan fingerprint density at radius 1 is 1.38 bits per heavy atom. The summed E-state index contributed by atoms with van der Waals surface area (Å²) in [5, 5.41) is 3.36. The highest BCUT2D eigenvalue weighted by Crippen LogP contribution is 2.23. The number of halogens is 1. The largest absolute Gasteiger partial charge is 0.350 e. The van der Waals surface area contributed by atoms with Crippen molar-refractivity contribution < 1.29 is 4.79 Å². The van der Waals surface area contributed by atoms with Crippen LogP contribution in [0.15, 0.2) is 12.1 Å². The molecule has 1 aromatic rings. The molecule has 1 amide bonds. The van der Waals surface area contributed by atoms with Crippen LogP contribution in [0.2, 0.25) is 5.15 Å². The van der Waals surface area contributed by atoms with Crippen LogP contribution in [-0.2, 0) is 5.41 Å². The maximum atomic E-state index is 12.3. The first-order valence-electron chi connectivity index (χ1n) is 7.23. The van der Waals surface area contributed by atoms with Crippen molar-refractivity contribution in [3.8, 4) is 0 Å². The van der Waals surface area contributed by atoms with Crippen LogP contribution in [0.3, 0.4) is 0 Å². The fourth-order valence-corrected chi connectivity index (χ4v) is 2.05. The lowest BCUT2D eigenvalue weighted by Crippen LogP contribution is -2.35. The Hall–Kier alpha value is -1.13. The van der Waals surface area contributed by atoms with E-state index in [1.807, 2.05) is 47.9 Å². The van der Waals surface area contributed by atoms with Gasteiger partial charge in [0.05, 0.1) is 0 Å². The molecular weight excluding hydrogens is 286 g/mol. The van der Waals surface area contributed by atoms with Gasteiger partial charge in [0.1, 0.15) is 5.15 Å². The number of rotatable bonds is 5. The van der Waals surface area contributed by atoms with Gasteiger partial charge in [-0.05, 0) is 46.1 Å². The second kappa shape index (κ2) is 7.23. The van der Waals surface area contributed by atoms with Gasteiger partial charge in [-0.25, -0.2) is 4.98 Å². The Balaban J connectivity index is 2.81. The van der Waals surface area contributed by atoms with Crippen LogP contribution in [0.5, 0.6) is 0 Å². The van der Waals surface area contributed by atoms with E-state index in [1.54, 1.807) is 6.07 Å². The highest BCUT2D eigenvalue weighted by Gasteiger charge is 2.19. The smallest absolute Gasteiger partial charge is 0.251 e. The van der Waals surface area contributed by atoms with Crippen molar-refractivity contribution in [3.63, 3.8) is 0 Å². The van der Waals surface area contributed by atoms with Gasteiger partial charge < -0.3 is 10.2 Å². The molecule has 0 fully saturated rings. The van der Waals surface area contributed by atoms with Crippen molar-refractivity contribution in [1.29, 1.82) is 0 Å². The van der Waals surface area contributed by atoms with Crippen LogP contribution < -0.4 is 5.32 Å². The average molecular weight is 312 g/mol. The highest BCUT2D eigenvalue weighted by molar-refractivity contribution is 6.29. The number of carbonyl (C=O) groups excluding carboxylic acids is 1. The normalized spacial score (nSPS) is 13.3. The Morgan fingerprint density at radius 3 is 2.52 bits per heavy atom. The van der Waals surface area contributed by atoms with Crippen molar-refractivity contribution in [2.75, 3.05) is 20.6 Å². The topological polar surface area (TPSA) is 45.2 Å². The zero-order valence-electron chi connectivity index (χ0n) is 13.8. The Kier molecular flexibility index (Phi) is 6.17. The molecule has 5 heteroatoms. The Bertz CT molecular complexity index is 495. The van der Waals surface area contributed by atoms with Gasteiger partial charge in [-0.3, -0.25) is 4.79 Å². The predicted octanol–water partition coefficient (Wildman–Crippen LogP) is 3.10. The number of hydrogen-bond donors (Lipinski definition) is 1. The van der Waals surface area contributed by atoms with Crippen LogP contribution in [0.25, 0.3) is 0 Å². The minimum absolute atomic E-state index is 0.101. The summed E-state index contributed by atoms with van der Waals surface area (Å²) in [4.78, 5) is 18.7. The molecule has 0 aromatic carbocycles. The predicted molar refractivity (Wildman–Crippen MR) is 88.0 cm³/mol. The molecule has 0 bridgehead atoms. The van der Waals surface area contributed by atoms with Crippen LogP contribution in [0.1, 0.15) is 50.2 Å². The molecule has 0 radical (unpaired) electrons. The fourth-order valence-electron chi connectivity index (χ4n) is 1.84. The van der Waals surface area contributed by atoms with Gasteiger partial charge in [0.2, 0.25) is 0 Å². The summed E-state index contributed by atoms with van der Waals surface area (Å²) in [6, 6.07) is 3.55. The maximum absolute atomic E-state index is 12.3. The molecular formula is C16H26ClN3O. The first kappa shape index (κ1) is 17.9. The summed E-state index contributed by atoms with van der Waals surface area (Å²) < 4.78 is 0. The highest BCUT2D eigenvalue weighted by atomic mass is 35.5. The summed E-state index contributed by atoms with van der Waals surface area (Å²) in [5.41, 5.74) is 1.24. The van der Waals surface area contributed by atoms with Gasteiger partial charge >= 0.3 is 0 Å². The first-order chi connectivity index (χ1) is 9.59. The quantitative estimate of drug-likeness (QED) is 0.850. The van der Waals surface area contributed by atoms with E-state index in [9.17, 15) is 4.79 Å². The summed E-state index contributed by atoms with van der Waals surface area (Å²) in [5.74, 6) is -0.101. The van der Waals surface area contributed by atoms with Gasteiger partial charge in [-0.2, -0.15) is 0 Å². The van der Waals surface area contributed by atoms with E-state index in [4.69, 9.17) is 11.6 Å². The maximum Gasteiger partial charge on any atom is 0.251 e. The van der Waals surface area contributed by atoms with E-state index < -0.39 is 0 Å². The molecule has 1 heterocycles. The monoisotopic (exact) mass is 311 g/mol. The molecule has 0 spiro atoms. The van der Waals surface area contributed by atoms with Crippen LogP contribution >= 0.6 is 11.6 Å². The van der Waals surface area contributed by atoms with E-state index >= 15 is 0 Å². The van der Waals surface area contributed by atoms with Gasteiger partial charge in [-0.1, -0.05) is 32.4 Å². The van der Waals surface area contributed by atoms with E-state index in [0.717, 1.165) is 18.7 Å². The van der Waals surface area contributed by atoms with Crippen LogP contribution in [0.4, 0.5) is 0 Å². The van der Waals surface area contributed by atoms with Crippen molar-refractivity contribution in [1.82, 2.24) is 15.2 Å². The third-order valence-electron chi connectivity index (χ3n) is 3.21. The number of hydrogen-bond acceptors (Lipinski definition) is 3. The summed E-state index contributed by atoms with van der Waals surface area (Å²) in [6.07, 6.45) is 0.906. The summed E-state index contributed by atoms with van der Waals surface area (Å²) in [6.45, 7) is 9.09. The molecule has 21 heavy (non-hydrogen) atoms. The molecule has 0 saturated heterocycles. The third-order valence-corrected chi connectivity index (χ3v) is 3.41. The first-order valence-corrected chi connectivity index (χ1v) is 7.61. The van der Waals surface area contributed by atoms with E-state index in [2.05, 4.69) is 15.2 Å².